The number of methoxy groups -OCH3 is 1. The van der Waals surface area contributed by atoms with Crippen LogP contribution < -0.4 is 10.1 Å². The van der Waals surface area contributed by atoms with Gasteiger partial charge in [0.25, 0.3) is 5.91 Å². The Morgan fingerprint density at radius 1 is 1.15 bits per heavy atom. The van der Waals surface area contributed by atoms with E-state index in [9.17, 15) is 4.79 Å². The molecule has 0 aliphatic heterocycles. The molecular weight excluding hydrogens is 348 g/mol. The lowest BCUT2D eigenvalue weighted by Crippen LogP contribution is -2.12. The molecule has 1 amide bonds. The van der Waals surface area contributed by atoms with Gasteiger partial charge in [-0.05, 0) is 43.3 Å². The molecule has 4 rings (SSSR count). The van der Waals surface area contributed by atoms with Crippen LogP contribution in [0, 0.1) is 6.92 Å². The van der Waals surface area contributed by atoms with Crippen molar-refractivity contribution in [3.63, 3.8) is 0 Å². The van der Waals surface area contributed by atoms with Crippen molar-refractivity contribution in [2.24, 2.45) is 0 Å². The number of anilines is 1. The maximum atomic E-state index is 12.5. The van der Waals surface area contributed by atoms with E-state index in [1.165, 1.54) is 11.3 Å². The molecule has 0 aliphatic rings. The average Bonchev–Trinajstić information content (AvgIpc) is 3.25. The number of imidazole rings is 1. The summed E-state index contributed by atoms with van der Waals surface area (Å²) in [7, 11) is 1.63. The number of benzene rings is 1. The highest BCUT2D eigenvalue weighted by Gasteiger charge is 2.15. The Morgan fingerprint density at radius 2 is 1.96 bits per heavy atom. The molecule has 1 aromatic carbocycles. The van der Waals surface area contributed by atoms with E-state index < -0.39 is 0 Å². The number of fused-ring (bicyclic) bond motifs is 1. The summed E-state index contributed by atoms with van der Waals surface area (Å²) in [6.45, 7) is 1.98. The lowest BCUT2D eigenvalue weighted by Gasteiger charge is -2.01. The van der Waals surface area contributed by atoms with Gasteiger partial charge < -0.3 is 9.14 Å². The van der Waals surface area contributed by atoms with Crippen molar-refractivity contribution in [2.45, 2.75) is 6.92 Å². The molecule has 1 N–H and O–H groups in total. The van der Waals surface area contributed by atoms with E-state index in [2.05, 4.69) is 15.3 Å². The van der Waals surface area contributed by atoms with E-state index in [4.69, 9.17) is 4.74 Å². The second kappa shape index (κ2) is 6.61. The van der Waals surface area contributed by atoms with Crippen LogP contribution >= 0.6 is 11.3 Å². The number of thiazole rings is 1. The Morgan fingerprint density at radius 3 is 2.69 bits per heavy atom. The summed E-state index contributed by atoms with van der Waals surface area (Å²) in [5, 5.41) is 3.39. The largest absolute Gasteiger partial charge is 0.497 e. The van der Waals surface area contributed by atoms with Crippen molar-refractivity contribution in [2.75, 3.05) is 12.4 Å². The highest BCUT2D eigenvalue weighted by atomic mass is 32.1. The maximum Gasteiger partial charge on any atom is 0.277 e. The number of nitrogens with one attached hydrogen (secondary N) is 1. The van der Waals surface area contributed by atoms with Crippen LogP contribution in [0.4, 0.5) is 5.13 Å². The molecule has 3 heterocycles. The second-order valence-electron chi connectivity index (χ2n) is 5.70. The number of pyridine rings is 1. The second-order valence-corrected chi connectivity index (χ2v) is 6.90. The minimum Gasteiger partial charge on any atom is -0.497 e. The Hall–Kier alpha value is -3.19. The van der Waals surface area contributed by atoms with Crippen molar-refractivity contribution in [1.29, 1.82) is 0 Å². The van der Waals surface area contributed by atoms with Gasteiger partial charge in [-0.2, -0.15) is 0 Å². The minimum absolute atomic E-state index is 0.274. The molecule has 26 heavy (non-hydrogen) atoms. The first-order chi connectivity index (χ1) is 12.6. The van der Waals surface area contributed by atoms with Gasteiger partial charge in [0.1, 0.15) is 17.1 Å². The Balaban J connectivity index is 1.57. The molecule has 130 valence electrons. The van der Waals surface area contributed by atoms with Gasteiger partial charge in [-0.1, -0.05) is 6.07 Å². The number of carbonyl (C=O) groups excluding carboxylic acids is 1. The Kier molecular flexibility index (Phi) is 4.14. The SMILES string of the molecule is COc1ccc(-c2nc(NC(=O)c3cn4ccccc4n3)sc2C)cc1. The highest BCUT2D eigenvalue weighted by molar-refractivity contribution is 7.16. The Labute approximate surface area is 154 Å². The first-order valence-corrected chi connectivity index (χ1v) is 8.82. The van der Waals surface area contributed by atoms with E-state index in [0.29, 0.717) is 10.8 Å². The van der Waals surface area contributed by atoms with Crippen LogP contribution in [0.2, 0.25) is 0 Å². The predicted molar refractivity (Wildman–Crippen MR) is 102 cm³/mol. The fraction of sp³-hybridized carbons (Fsp3) is 0.105. The molecule has 0 bridgehead atoms. The summed E-state index contributed by atoms with van der Waals surface area (Å²) in [6, 6.07) is 13.3. The summed E-state index contributed by atoms with van der Waals surface area (Å²) in [6.07, 6.45) is 3.56. The number of hydrogen-bond acceptors (Lipinski definition) is 5. The van der Waals surface area contributed by atoms with Gasteiger partial charge >= 0.3 is 0 Å². The van der Waals surface area contributed by atoms with Crippen LogP contribution in [0.5, 0.6) is 5.75 Å². The molecule has 0 saturated carbocycles. The topological polar surface area (TPSA) is 68.5 Å². The number of ether oxygens (including phenoxy) is 1. The van der Waals surface area contributed by atoms with Gasteiger partial charge in [-0.25, -0.2) is 9.97 Å². The van der Waals surface area contributed by atoms with Crippen molar-refractivity contribution in [1.82, 2.24) is 14.4 Å². The summed E-state index contributed by atoms with van der Waals surface area (Å²) in [5.74, 6) is 0.519. The van der Waals surface area contributed by atoms with Crippen LogP contribution in [-0.4, -0.2) is 27.4 Å². The van der Waals surface area contributed by atoms with Gasteiger partial charge in [0.05, 0.1) is 12.8 Å². The Bertz CT molecular complexity index is 1050. The summed E-state index contributed by atoms with van der Waals surface area (Å²) in [5.41, 5.74) is 2.91. The van der Waals surface area contributed by atoms with E-state index in [0.717, 1.165) is 27.5 Å². The predicted octanol–water partition coefficient (Wildman–Crippen LogP) is 4.03. The molecule has 0 aliphatic carbocycles. The molecule has 3 aromatic heterocycles. The molecule has 0 saturated heterocycles. The first kappa shape index (κ1) is 16.3. The van der Waals surface area contributed by atoms with Crippen molar-refractivity contribution >= 4 is 28.0 Å². The lowest BCUT2D eigenvalue weighted by atomic mass is 10.1. The van der Waals surface area contributed by atoms with Gasteiger partial charge in [0, 0.05) is 22.8 Å². The number of amides is 1. The number of carbonyl (C=O) groups is 1. The molecular formula is C19H16N4O2S. The normalized spacial score (nSPS) is 10.8. The molecule has 0 spiro atoms. The summed E-state index contributed by atoms with van der Waals surface area (Å²) >= 11 is 1.44. The quantitative estimate of drug-likeness (QED) is 0.594. The van der Waals surface area contributed by atoms with Crippen LogP contribution in [0.1, 0.15) is 15.4 Å². The average molecular weight is 364 g/mol. The number of nitrogens with zero attached hydrogens (tertiary/aromatic N) is 3. The molecule has 0 radical (unpaired) electrons. The van der Waals surface area contributed by atoms with E-state index in [1.54, 1.807) is 13.3 Å². The maximum absolute atomic E-state index is 12.5. The molecule has 0 atom stereocenters. The van der Waals surface area contributed by atoms with E-state index >= 15 is 0 Å². The molecule has 0 fully saturated rings. The lowest BCUT2D eigenvalue weighted by molar-refractivity contribution is 0.102. The van der Waals surface area contributed by atoms with Gasteiger partial charge in [0.15, 0.2) is 5.13 Å². The third kappa shape index (κ3) is 3.04. The third-order valence-electron chi connectivity index (χ3n) is 3.98. The summed E-state index contributed by atoms with van der Waals surface area (Å²) in [4.78, 5) is 22.4. The van der Waals surface area contributed by atoms with Crippen molar-refractivity contribution in [3.05, 3.63) is 65.4 Å². The van der Waals surface area contributed by atoms with E-state index in [-0.39, 0.29) is 5.91 Å². The van der Waals surface area contributed by atoms with Gasteiger partial charge in [-0.15, -0.1) is 11.3 Å². The zero-order valence-electron chi connectivity index (χ0n) is 14.3. The molecule has 7 heteroatoms. The van der Waals surface area contributed by atoms with Crippen LogP contribution in [-0.2, 0) is 0 Å². The standard InChI is InChI=1S/C19H16N4O2S/c1-12-17(13-6-8-14(25-2)9-7-13)21-19(26-12)22-18(24)15-11-23-10-4-3-5-16(23)20-15/h3-11H,1-2H3,(H,21,22,24). The number of aryl methyl sites for hydroxylation is 1. The fourth-order valence-corrected chi connectivity index (χ4v) is 3.50. The summed E-state index contributed by atoms with van der Waals surface area (Å²) < 4.78 is 6.99. The minimum atomic E-state index is -0.274. The van der Waals surface area contributed by atoms with Crippen LogP contribution in [0.15, 0.2) is 54.9 Å². The smallest absolute Gasteiger partial charge is 0.277 e. The zero-order valence-corrected chi connectivity index (χ0v) is 15.1. The number of aromatic nitrogens is 3. The van der Waals surface area contributed by atoms with E-state index in [1.807, 2.05) is 60.0 Å². The van der Waals surface area contributed by atoms with Crippen molar-refractivity contribution < 1.29 is 9.53 Å². The number of rotatable bonds is 4. The number of hydrogen-bond donors (Lipinski definition) is 1. The molecule has 0 unspecified atom stereocenters. The first-order valence-electron chi connectivity index (χ1n) is 8.01. The third-order valence-corrected chi connectivity index (χ3v) is 4.86. The van der Waals surface area contributed by atoms with Crippen LogP contribution in [0.3, 0.4) is 0 Å². The molecule has 4 aromatic rings. The van der Waals surface area contributed by atoms with Crippen molar-refractivity contribution in [3.8, 4) is 17.0 Å². The fourth-order valence-electron chi connectivity index (χ4n) is 2.67. The highest BCUT2D eigenvalue weighted by Crippen LogP contribution is 2.31. The zero-order chi connectivity index (χ0) is 18.1. The van der Waals surface area contributed by atoms with Crippen LogP contribution in [0.25, 0.3) is 16.9 Å². The van der Waals surface area contributed by atoms with Gasteiger partial charge in [-0.3, -0.25) is 10.1 Å². The van der Waals surface area contributed by atoms with Gasteiger partial charge in [0.2, 0.25) is 0 Å². The molecule has 6 nitrogen and oxygen atoms in total. The monoisotopic (exact) mass is 364 g/mol.